The van der Waals surface area contributed by atoms with Crippen LogP contribution in [0.25, 0.3) is 0 Å². The number of rotatable bonds is 5. The van der Waals surface area contributed by atoms with Crippen LogP contribution in [0.2, 0.25) is 0 Å². The lowest BCUT2D eigenvalue weighted by molar-refractivity contribution is -0.156. The molecule has 2 N–H and O–H groups in total. The number of carboxylic acids is 1. The second-order valence-corrected chi connectivity index (χ2v) is 7.53. The molecule has 1 amide bonds. The summed E-state index contributed by atoms with van der Waals surface area (Å²) in [6.45, 7) is 1.57. The molecule has 2 heterocycles. The SMILES string of the molecule is C[C@@H](O)[C@H]1C(=O)N2C(C(=O)O)=C(SCCI)S[C@H]12. The maximum Gasteiger partial charge on any atom is 0.354 e. The van der Waals surface area contributed by atoms with E-state index in [2.05, 4.69) is 22.6 Å². The number of aliphatic carboxylic acids is 1. The summed E-state index contributed by atoms with van der Waals surface area (Å²) >= 11 is 5.07. The smallest absolute Gasteiger partial charge is 0.354 e. The number of thioether (sulfide) groups is 2. The lowest BCUT2D eigenvalue weighted by Gasteiger charge is -2.43. The van der Waals surface area contributed by atoms with Crippen molar-refractivity contribution in [3.63, 3.8) is 0 Å². The van der Waals surface area contributed by atoms with Crippen LogP contribution in [0.3, 0.4) is 0 Å². The van der Waals surface area contributed by atoms with E-state index in [1.165, 1.54) is 28.4 Å². The maximum atomic E-state index is 11.9. The molecule has 0 aromatic rings. The van der Waals surface area contributed by atoms with Gasteiger partial charge in [0.25, 0.3) is 0 Å². The molecule has 0 bridgehead atoms. The molecule has 2 aliphatic heterocycles. The number of β-lactam (4-membered cyclic amide) rings is 1. The molecular weight excluding hydrogens is 389 g/mol. The van der Waals surface area contributed by atoms with Crippen molar-refractivity contribution in [1.29, 1.82) is 0 Å². The van der Waals surface area contributed by atoms with E-state index in [0.717, 1.165) is 10.2 Å². The molecule has 5 nitrogen and oxygen atoms in total. The van der Waals surface area contributed by atoms with Crippen LogP contribution in [0, 0.1) is 5.92 Å². The fourth-order valence-corrected chi connectivity index (χ4v) is 5.37. The van der Waals surface area contributed by atoms with Crippen molar-refractivity contribution in [2.24, 2.45) is 5.92 Å². The van der Waals surface area contributed by atoms with Gasteiger partial charge in [0.2, 0.25) is 5.91 Å². The molecule has 100 valence electrons. The van der Waals surface area contributed by atoms with Crippen molar-refractivity contribution in [1.82, 2.24) is 4.90 Å². The number of alkyl halides is 1. The van der Waals surface area contributed by atoms with E-state index in [1.54, 1.807) is 6.92 Å². The number of hydrogen-bond acceptors (Lipinski definition) is 5. The number of halogens is 1. The van der Waals surface area contributed by atoms with E-state index in [0.29, 0.717) is 4.24 Å². The number of carbonyl (C=O) groups excluding carboxylic acids is 1. The zero-order valence-electron chi connectivity index (χ0n) is 9.50. The van der Waals surface area contributed by atoms with Crippen LogP contribution in [0.1, 0.15) is 6.92 Å². The van der Waals surface area contributed by atoms with Gasteiger partial charge in [0.15, 0.2) is 5.70 Å². The Hall–Kier alpha value is 0.0700. The third-order valence-corrected chi connectivity index (χ3v) is 6.71. The third-order valence-electron chi connectivity index (χ3n) is 2.78. The predicted molar refractivity (Wildman–Crippen MR) is 79.4 cm³/mol. The average molecular weight is 401 g/mol. The Morgan fingerprint density at radius 2 is 2.33 bits per heavy atom. The molecule has 0 aromatic carbocycles. The molecule has 0 radical (unpaired) electrons. The first-order valence-corrected chi connectivity index (χ1v) is 8.72. The fraction of sp³-hybridized carbons (Fsp3) is 0.600. The van der Waals surface area contributed by atoms with Crippen molar-refractivity contribution in [3.8, 4) is 0 Å². The molecule has 0 aromatic heterocycles. The summed E-state index contributed by atoms with van der Waals surface area (Å²) < 4.78 is 1.60. The quantitative estimate of drug-likeness (QED) is 0.411. The van der Waals surface area contributed by atoms with Gasteiger partial charge in [-0.2, -0.15) is 0 Å². The average Bonchev–Trinajstić information content (AvgIpc) is 2.60. The number of nitrogens with zero attached hydrogens (tertiary/aromatic N) is 1. The van der Waals surface area contributed by atoms with Crippen LogP contribution in [-0.4, -0.2) is 48.6 Å². The first-order chi connectivity index (χ1) is 8.49. The Morgan fingerprint density at radius 3 is 2.83 bits per heavy atom. The van der Waals surface area contributed by atoms with Crippen LogP contribution in [0.4, 0.5) is 0 Å². The Labute approximate surface area is 127 Å². The summed E-state index contributed by atoms with van der Waals surface area (Å²) in [4.78, 5) is 24.4. The van der Waals surface area contributed by atoms with Gasteiger partial charge in [0.1, 0.15) is 5.37 Å². The lowest BCUT2D eigenvalue weighted by atomic mass is 9.92. The highest BCUT2D eigenvalue weighted by Crippen LogP contribution is 2.53. The number of fused-ring (bicyclic) bond motifs is 1. The monoisotopic (exact) mass is 401 g/mol. The molecule has 3 atom stereocenters. The summed E-state index contributed by atoms with van der Waals surface area (Å²) in [7, 11) is 0. The van der Waals surface area contributed by atoms with Crippen molar-refractivity contribution in [3.05, 3.63) is 9.93 Å². The highest BCUT2D eigenvalue weighted by atomic mass is 127. The number of hydrogen-bond donors (Lipinski definition) is 2. The van der Waals surface area contributed by atoms with Gasteiger partial charge in [-0.25, -0.2) is 4.79 Å². The number of aliphatic hydroxyl groups is 1. The van der Waals surface area contributed by atoms with Crippen molar-refractivity contribution in [2.75, 3.05) is 10.2 Å². The lowest BCUT2D eigenvalue weighted by Crippen LogP contribution is -2.60. The second-order valence-electron chi connectivity index (χ2n) is 3.96. The summed E-state index contributed by atoms with van der Waals surface area (Å²) in [6, 6.07) is 0. The Morgan fingerprint density at radius 1 is 1.67 bits per heavy atom. The van der Waals surface area contributed by atoms with Crippen molar-refractivity contribution >= 4 is 58.0 Å². The third kappa shape index (κ3) is 2.27. The zero-order valence-corrected chi connectivity index (χ0v) is 13.3. The van der Waals surface area contributed by atoms with E-state index in [9.17, 15) is 19.8 Å². The number of carbonyl (C=O) groups is 2. The Bertz CT molecular complexity index is 426. The molecule has 8 heteroatoms. The minimum absolute atomic E-state index is 0.0850. The van der Waals surface area contributed by atoms with E-state index in [-0.39, 0.29) is 17.0 Å². The van der Waals surface area contributed by atoms with E-state index in [1.807, 2.05) is 0 Å². The molecule has 18 heavy (non-hydrogen) atoms. The largest absolute Gasteiger partial charge is 0.477 e. The number of aliphatic hydroxyl groups excluding tert-OH is 1. The highest BCUT2D eigenvalue weighted by molar-refractivity contribution is 14.1. The summed E-state index contributed by atoms with van der Waals surface area (Å²) in [5.41, 5.74) is 0.0850. The molecule has 1 saturated heterocycles. The van der Waals surface area contributed by atoms with Crippen LogP contribution >= 0.6 is 46.1 Å². The van der Waals surface area contributed by atoms with Crippen LogP contribution in [0.5, 0.6) is 0 Å². The molecule has 0 unspecified atom stereocenters. The first-order valence-electron chi connectivity index (χ1n) is 5.33. The molecular formula is C10H12INO4S2. The first kappa shape index (κ1) is 14.5. The molecule has 2 rings (SSSR count). The topological polar surface area (TPSA) is 77.8 Å². The van der Waals surface area contributed by atoms with E-state index >= 15 is 0 Å². The van der Waals surface area contributed by atoms with Gasteiger partial charge >= 0.3 is 5.97 Å². The van der Waals surface area contributed by atoms with Gasteiger partial charge in [-0.3, -0.25) is 9.69 Å². The normalized spacial score (nSPS) is 28.2. The zero-order chi connectivity index (χ0) is 13.4. The Balaban J connectivity index is 2.21. The second kappa shape index (κ2) is 5.59. The molecule has 0 aliphatic carbocycles. The van der Waals surface area contributed by atoms with Gasteiger partial charge in [-0.05, 0) is 6.92 Å². The van der Waals surface area contributed by atoms with Gasteiger partial charge in [0.05, 0.1) is 16.3 Å². The summed E-state index contributed by atoms with van der Waals surface area (Å²) in [5.74, 6) is -1.03. The predicted octanol–water partition coefficient (Wildman–Crippen LogP) is 1.32. The summed E-state index contributed by atoms with van der Waals surface area (Å²) in [6.07, 6.45) is -0.741. The van der Waals surface area contributed by atoms with Gasteiger partial charge < -0.3 is 10.2 Å². The highest BCUT2D eigenvalue weighted by Gasteiger charge is 2.57. The minimum Gasteiger partial charge on any atom is -0.477 e. The van der Waals surface area contributed by atoms with Gasteiger partial charge in [-0.15, -0.1) is 11.8 Å². The van der Waals surface area contributed by atoms with E-state index < -0.39 is 18.0 Å². The minimum atomic E-state index is -1.07. The van der Waals surface area contributed by atoms with Crippen molar-refractivity contribution in [2.45, 2.75) is 18.4 Å². The molecule has 0 saturated carbocycles. The number of amides is 1. The molecule has 2 aliphatic rings. The van der Waals surface area contributed by atoms with Gasteiger partial charge in [-0.1, -0.05) is 34.4 Å². The van der Waals surface area contributed by atoms with Crippen LogP contribution in [0.15, 0.2) is 9.93 Å². The fourth-order valence-electron chi connectivity index (χ4n) is 1.98. The molecule has 0 spiro atoms. The van der Waals surface area contributed by atoms with Crippen LogP contribution < -0.4 is 0 Å². The number of carboxylic acid groups (broad SMARTS) is 1. The van der Waals surface area contributed by atoms with Crippen LogP contribution in [-0.2, 0) is 9.59 Å². The van der Waals surface area contributed by atoms with E-state index in [4.69, 9.17) is 0 Å². The van der Waals surface area contributed by atoms with Gasteiger partial charge in [0, 0.05) is 10.2 Å². The maximum absolute atomic E-state index is 11.9. The standard InChI is InChI=1S/C10H12INO4S2/c1-4(13)5-7(14)12-6(9(15)16)10(17-3-2-11)18-8(5)12/h4-5,8,13H,2-3H2,1H3,(H,15,16)/t4-,5+,8-/m1/s1. The van der Waals surface area contributed by atoms with Crippen molar-refractivity contribution < 1.29 is 19.8 Å². The summed E-state index contributed by atoms with van der Waals surface area (Å²) in [5, 5.41) is 18.5. The Kier molecular flexibility index (Phi) is 4.50. The molecule has 1 fully saturated rings.